The maximum absolute atomic E-state index is 11.0. The Bertz CT molecular complexity index is 193. The molecule has 1 aliphatic rings. The van der Waals surface area contributed by atoms with E-state index in [4.69, 9.17) is 16.3 Å². The smallest absolute Gasteiger partial charge is 0.330 e. The van der Waals surface area contributed by atoms with E-state index < -0.39 is 0 Å². The van der Waals surface area contributed by atoms with Crippen LogP contribution in [0.3, 0.4) is 0 Å². The zero-order valence-electron chi connectivity index (χ0n) is 6.13. The maximum Gasteiger partial charge on any atom is 0.330 e. The first-order valence-corrected chi connectivity index (χ1v) is 3.76. The topological polar surface area (TPSA) is 50.7 Å². The molecule has 62 valence electrons. The summed E-state index contributed by atoms with van der Waals surface area (Å²) in [5.41, 5.74) is 2.57. The van der Waals surface area contributed by atoms with Crippen LogP contribution in [0.15, 0.2) is 5.10 Å². The van der Waals surface area contributed by atoms with Crippen LogP contribution in [0.25, 0.3) is 0 Å². The number of carbonyl (C=O) groups excluding carboxylic acids is 1. The van der Waals surface area contributed by atoms with Crippen molar-refractivity contribution in [1.29, 1.82) is 0 Å². The average Bonchev–Trinajstić information content (AvgIpc) is 2.36. The van der Waals surface area contributed by atoms with Crippen molar-refractivity contribution in [3.8, 4) is 0 Å². The van der Waals surface area contributed by atoms with E-state index in [-0.39, 0.29) is 12.0 Å². The minimum Gasteiger partial charge on any atom is -0.464 e. The Morgan fingerprint density at radius 1 is 2.00 bits per heavy atom. The Morgan fingerprint density at radius 2 is 2.73 bits per heavy atom. The van der Waals surface area contributed by atoms with Crippen molar-refractivity contribution in [2.24, 2.45) is 5.10 Å². The summed E-state index contributed by atoms with van der Waals surface area (Å²) in [6.07, 6.45) is 0.431. The van der Waals surface area contributed by atoms with Crippen LogP contribution in [0, 0.1) is 0 Å². The summed E-state index contributed by atoms with van der Waals surface area (Å²) >= 11 is 5.53. The predicted molar refractivity (Wildman–Crippen MR) is 41.5 cm³/mol. The molecule has 0 saturated carbocycles. The largest absolute Gasteiger partial charge is 0.464 e. The normalized spacial score (nSPS) is 22.4. The minimum atomic E-state index is -0.387. The van der Waals surface area contributed by atoms with Crippen LogP contribution in [-0.2, 0) is 9.53 Å². The fourth-order valence-corrected chi connectivity index (χ4v) is 0.990. The summed E-state index contributed by atoms with van der Waals surface area (Å²) in [5.74, 6) is -0.299. The van der Waals surface area contributed by atoms with Gasteiger partial charge in [-0.2, -0.15) is 5.10 Å². The van der Waals surface area contributed by atoms with Gasteiger partial charge in [-0.05, 0) is 6.92 Å². The molecule has 1 unspecified atom stereocenters. The standard InChI is InChI=1S/C6H9ClN2O2/c1-2-11-6(10)4-3-5(7)9-8-4/h4,8H,2-3H2,1H3. The Labute approximate surface area is 69.6 Å². The first-order valence-electron chi connectivity index (χ1n) is 3.38. The number of hydrogen-bond acceptors (Lipinski definition) is 4. The Balaban J connectivity index is 2.34. The van der Waals surface area contributed by atoms with E-state index in [2.05, 4.69) is 10.5 Å². The van der Waals surface area contributed by atoms with Gasteiger partial charge >= 0.3 is 5.97 Å². The number of nitrogens with zero attached hydrogens (tertiary/aromatic N) is 1. The first-order chi connectivity index (χ1) is 5.24. The van der Waals surface area contributed by atoms with Crippen molar-refractivity contribution in [2.75, 3.05) is 6.61 Å². The monoisotopic (exact) mass is 176 g/mol. The second-order valence-electron chi connectivity index (χ2n) is 2.13. The molecule has 1 heterocycles. The number of nitrogens with one attached hydrogen (secondary N) is 1. The van der Waals surface area contributed by atoms with Gasteiger partial charge in [0.1, 0.15) is 11.2 Å². The molecule has 0 fully saturated rings. The first kappa shape index (κ1) is 8.33. The van der Waals surface area contributed by atoms with Crippen molar-refractivity contribution >= 4 is 22.7 Å². The van der Waals surface area contributed by atoms with Gasteiger partial charge in [-0.3, -0.25) is 5.43 Å². The Morgan fingerprint density at radius 3 is 3.18 bits per heavy atom. The van der Waals surface area contributed by atoms with Gasteiger partial charge in [-0.1, -0.05) is 11.6 Å². The second-order valence-corrected chi connectivity index (χ2v) is 2.56. The highest BCUT2D eigenvalue weighted by molar-refractivity contribution is 6.65. The van der Waals surface area contributed by atoms with Gasteiger partial charge in [0, 0.05) is 6.42 Å². The van der Waals surface area contributed by atoms with E-state index >= 15 is 0 Å². The third-order valence-corrected chi connectivity index (χ3v) is 1.52. The molecule has 4 nitrogen and oxygen atoms in total. The Hall–Kier alpha value is -0.770. The van der Waals surface area contributed by atoms with E-state index in [9.17, 15) is 4.79 Å². The van der Waals surface area contributed by atoms with Crippen molar-refractivity contribution < 1.29 is 9.53 Å². The zero-order chi connectivity index (χ0) is 8.27. The minimum absolute atomic E-state index is 0.299. The number of hydrogen-bond donors (Lipinski definition) is 1. The van der Waals surface area contributed by atoms with Crippen LogP contribution >= 0.6 is 11.6 Å². The molecule has 11 heavy (non-hydrogen) atoms. The SMILES string of the molecule is CCOC(=O)C1CC(Cl)=NN1. The number of carbonyl (C=O) groups is 1. The van der Waals surface area contributed by atoms with Crippen molar-refractivity contribution in [3.05, 3.63) is 0 Å². The van der Waals surface area contributed by atoms with Gasteiger partial charge < -0.3 is 4.74 Å². The molecule has 1 rings (SSSR count). The summed E-state index contributed by atoms with van der Waals surface area (Å²) in [6, 6.07) is -0.387. The molecule has 1 N–H and O–H groups in total. The van der Waals surface area contributed by atoms with Crippen LogP contribution < -0.4 is 5.43 Å². The highest BCUT2D eigenvalue weighted by atomic mass is 35.5. The molecule has 5 heteroatoms. The van der Waals surface area contributed by atoms with Crippen LogP contribution in [0.5, 0.6) is 0 Å². The van der Waals surface area contributed by atoms with Gasteiger partial charge in [-0.25, -0.2) is 4.79 Å². The number of ether oxygens (including phenoxy) is 1. The molecular formula is C6H9ClN2O2. The van der Waals surface area contributed by atoms with E-state index in [0.29, 0.717) is 18.2 Å². The van der Waals surface area contributed by atoms with E-state index in [1.807, 2.05) is 0 Å². The fraction of sp³-hybridized carbons (Fsp3) is 0.667. The lowest BCUT2D eigenvalue weighted by atomic mass is 10.2. The van der Waals surface area contributed by atoms with Gasteiger partial charge in [0.2, 0.25) is 0 Å². The van der Waals surface area contributed by atoms with E-state index in [1.54, 1.807) is 6.92 Å². The summed E-state index contributed by atoms with van der Waals surface area (Å²) in [4.78, 5) is 11.0. The molecule has 0 aliphatic carbocycles. The number of rotatable bonds is 2. The highest BCUT2D eigenvalue weighted by Gasteiger charge is 2.25. The molecule has 0 aromatic heterocycles. The molecule has 1 aliphatic heterocycles. The highest BCUT2D eigenvalue weighted by Crippen LogP contribution is 2.07. The summed E-state index contributed by atoms with van der Waals surface area (Å²) in [5, 5.41) is 4.07. The molecule has 1 atom stereocenters. The van der Waals surface area contributed by atoms with Crippen LogP contribution in [-0.4, -0.2) is 23.8 Å². The lowest BCUT2D eigenvalue weighted by Crippen LogP contribution is -2.31. The third-order valence-electron chi connectivity index (χ3n) is 1.29. The molecular weight excluding hydrogens is 168 g/mol. The molecule has 0 amide bonds. The molecule has 0 saturated heterocycles. The predicted octanol–water partition coefficient (Wildman–Crippen LogP) is 0.464. The van der Waals surface area contributed by atoms with Crippen molar-refractivity contribution in [1.82, 2.24) is 5.43 Å². The lowest BCUT2D eigenvalue weighted by Gasteiger charge is -2.06. The van der Waals surface area contributed by atoms with Crippen molar-refractivity contribution in [2.45, 2.75) is 19.4 Å². The van der Waals surface area contributed by atoms with Gasteiger partial charge in [0.25, 0.3) is 0 Å². The van der Waals surface area contributed by atoms with Gasteiger partial charge in [0.15, 0.2) is 0 Å². The number of halogens is 1. The van der Waals surface area contributed by atoms with E-state index in [1.165, 1.54) is 0 Å². The average molecular weight is 177 g/mol. The van der Waals surface area contributed by atoms with Crippen molar-refractivity contribution in [3.63, 3.8) is 0 Å². The third kappa shape index (κ3) is 2.08. The Kier molecular flexibility index (Phi) is 2.70. The second kappa shape index (κ2) is 3.57. The molecule has 0 aromatic rings. The van der Waals surface area contributed by atoms with Crippen LogP contribution in [0.2, 0.25) is 0 Å². The number of hydrazone groups is 1. The molecule has 0 bridgehead atoms. The molecule has 0 radical (unpaired) electrons. The van der Waals surface area contributed by atoms with Crippen LogP contribution in [0.1, 0.15) is 13.3 Å². The zero-order valence-corrected chi connectivity index (χ0v) is 6.89. The van der Waals surface area contributed by atoms with E-state index in [0.717, 1.165) is 0 Å². The quantitative estimate of drug-likeness (QED) is 0.622. The summed E-state index contributed by atoms with van der Waals surface area (Å²) < 4.78 is 4.74. The fourth-order valence-electron chi connectivity index (χ4n) is 0.787. The summed E-state index contributed by atoms with van der Waals surface area (Å²) in [7, 11) is 0. The molecule has 0 aromatic carbocycles. The van der Waals surface area contributed by atoms with Gasteiger partial charge in [0.05, 0.1) is 6.61 Å². The lowest BCUT2D eigenvalue weighted by molar-refractivity contribution is -0.145. The summed E-state index contributed by atoms with van der Waals surface area (Å²) in [6.45, 7) is 2.14. The molecule has 0 spiro atoms. The van der Waals surface area contributed by atoms with Gasteiger partial charge in [-0.15, -0.1) is 0 Å². The number of esters is 1. The van der Waals surface area contributed by atoms with Crippen LogP contribution in [0.4, 0.5) is 0 Å². The maximum atomic E-state index is 11.0.